The third-order valence-corrected chi connectivity index (χ3v) is 2.19. The van der Waals surface area contributed by atoms with Gasteiger partial charge in [-0.25, -0.2) is 4.79 Å². The summed E-state index contributed by atoms with van der Waals surface area (Å²) in [6.45, 7) is 2.35. The van der Waals surface area contributed by atoms with Crippen molar-refractivity contribution in [3.05, 3.63) is 11.3 Å². The molecule has 0 saturated carbocycles. The van der Waals surface area contributed by atoms with Crippen LogP contribution in [0.1, 0.15) is 26.2 Å². The molecule has 0 aliphatic carbocycles. The first-order valence-electron chi connectivity index (χ1n) is 4.41. The number of carboxylic acids is 1. The molecule has 0 aromatic rings. The molecule has 1 rings (SSSR count). The lowest BCUT2D eigenvalue weighted by molar-refractivity contribution is -0.133. The summed E-state index contributed by atoms with van der Waals surface area (Å²) < 4.78 is 5.33. The van der Waals surface area contributed by atoms with E-state index in [1.807, 2.05) is 0 Å². The van der Waals surface area contributed by atoms with Crippen molar-refractivity contribution in [2.24, 2.45) is 5.73 Å². The average molecular weight is 185 g/mol. The topological polar surface area (TPSA) is 72.5 Å². The van der Waals surface area contributed by atoms with E-state index < -0.39 is 5.97 Å². The lowest BCUT2D eigenvalue weighted by Crippen LogP contribution is -2.15. The molecule has 1 saturated heterocycles. The number of carboxylic acid groups (broad SMARTS) is 1. The van der Waals surface area contributed by atoms with Crippen LogP contribution >= 0.6 is 0 Å². The molecule has 3 N–H and O–H groups in total. The van der Waals surface area contributed by atoms with Gasteiger partial charge in [-0.3, -0.25) is 0 Å². The van der Waals surface area contributed by atoms with Crippen molar-refractivity contribution in [3.63, 3.8) is 0 Å². The summed E-state index contributed by atoms with van der Waals surface area (Å²) in [6, 6.07) is 0. The molecular weight excluding hydrogens is 170 g/mol. The Balaban J connectivity index is 2.58. The zero-order valence-electron chi connectivity index (χ0n) is 7.75. The Morgan fingerprint density at radius 3 is 2.77 bits per heavy atom. The Hall–Kier alpha value is -1.03. The maximum atomic E-state index is 10.7. The molecule has 4 nitrogen and oxygen atoms in total. The average Bonchev–Trinajstić information content (AvgIpc) is 2.50. The van der Waals surface area contributed by atoms with E-state index >= 15 is 0 Å². The van der Waals surface area contributed by atoms with Gasteiger partial charge in [0.1, 0.15) is 0 Å². The van der Waals surface area contributed by atoms with Crippen molar-refractivity contribution >= 4 is 5.97 Å². The normalized spacial score (nSPS) is 24.2. The first-order chi connectivity index (χ1) is 6.11. The van der Waals surface area contributed by atoms with Crippen LogP contribution in [0.5, 0.6) is 0 Å². The predicted octanol–water partition coefficient (Wildman–Crippen LogP) is 0.873. The van der Waals surface area contributed by atoms with Crippen molar-refractivity contribution in [2.75, 3.05) is 6.61 Å². The van der Waals surface area contributed by atoms with Gasteiger partial charge in [0.05, 0.1) is 11.7 Å². The van der Waals surface area contributed by atoms with E-state index in [-0.39, 0.29) is 11.7 Å². The molecule has 1 aliphatic rings. The molecule has 4 heteroatoms. The number of aliphatic carboxylic acids is 1. The van der Waals surface area contributed by atoms with Gasteiger partial charge in [0.2, 0.25) is 0 Å². The number of allylic oxidation sites excluding steroid dienone is 1. The third-order valence-electron chi connectivity index (χ3n) is 2.19. The fourth-order valence-electron chi connectivity index (χ4n) is 1.45. The highest BCUT2D eigenvalue weighted by atomic mass is 16.5. The number of ether oxygens (including phenoxy) is 1. The molecule has 0 amide bonds. The standard InChI is InChI=1S/C9H15NO3/c1-6(10)8(9(11)12)5-7-3-2-4-13-7/h7H,2-5,10H2,1H3,(H,11,12). The largest absolute Gasteiger partial charge is 0.478 e. The van der Waals surface area contributed by atoms with Crippen LogP contribution in [0.4, 0.5) is 0 Å². The molecule has 0 radical (unpaired) electrons. The summed E-state index contributed by atoms with van der Waals surface area (Å²) >= 11 is 0. The van der Waals surface area contributed by atoms with E-state index in [4.69, 9.17) is 15.6 Å². The number of hydrogen-bond acceptors (Lipinski definition) is 3. The first-order valence-corrected chi connectivity index (χ1v) is 4.41. The summed E-state index contributed by atoms with van der Waals surface area (Å²) in [5.74, 6) is -0.935. The van der Waals surface area contributed by atoms with Crippen LogP contribution in [0, 0.1) is 0 Å². The molecule has 74 valence electrons. The zero-order valence-corrected chi connectivity index (χ0v) is 7.75. The van der Waals surface area contributed by atoms with Gasteiger partial charge in [-0.1, -0.05) is 0 Å². The van der Waals surface area contributed by atoms with Crippen LogP contribution in [0.3, 0.4) is 0 Å². The van der Waals surface area contributed by atoms with Gasteiger partial charge in [0.15, 0.2) is 0 Å². The Morgan fingerprint density at radius 2 is 2.38 bits per heavy atom. The van der Waals surface area contributed by atoms with Gasteiger partial charge in [-0.15, -0.1) is 0 Å². The fraction of sp³-hybridized carbons (Fsp3) is 0.667. The molecule has 0 bridgehead atoms. The maximum Gasteiger partial charge on any atom is 0.333 e. The zero-order chi connectivity index (χ0) is 9.84. The van der Waals surface area contributed by atoms with Crippen molar-refractivity contribution in [3.8, 4) is 0 Å². The van der Waals surface area contributed by atoms with E-state index in [0.29, 0.717) is 12.1 Å². The minimum absolute atomic E-state index is 0.0459. The number of carbonyl (C=O) groups is 1. The Labute approximate surface area is 77.4 Å². The lowest BCUT2D eigenvalue weighted by Gasteiger charge is -2.10. The van der Waals surface area contributed by atoms with Crippen molar-refractivity contribution < 1.29 is 14.6 Å². The van der Waals surface area contributed by atoms with Crippen LogP contribution in [-0.4, -0.2) is 23.8 Å². The van der Waals surface area contributed by atoms with E-state index in [9.17, 15) is 4.79 Å². The van der Waals surface area contributed by atoms with Crippen molar-refractivity contribution in [1.29, 1.82) is 0 Å². The molecule has 1 atom stereocenters. The molecule has 1 unspecified atom stereocenters. The fourth-order valence-corrected chi connectivity index (χ4v) is 1.45. The SMILES string of the molecule is CC(N)=C(CC1CCCO1)C(=O)O. The van der Waals surface area contributed by atoms with Gasteiger partial charge in [-0.05, 0) is 19.8 Å². The monoisotopic (exact) mass is 185 g/mol. The van der Waals surface area contributed by atoms with Crippen LogP contribution < -0.4 is 5.73 Å². The van der Waals surface area contributed by atoms with Gasteiger partial charge in [0.25, 0.3) is 0 Å². The summed E-state index contributed by atoms with van der Waals surface area (Å²) in [5, 5.41) is 8.81. The molecule has 0 aromatic carbocycles. The van der Waals surface area contributed by atoms with Crippen LogP contribution in [0.15, 0.2) is 11.3 Å². The highest BCUT2D eigenvalue weighted by Gasteiger charge is 2.21. The Kier molecular flexibility index (Phi) is 3.31. The van der Waals surface area contributed by atoms with Gasteiger partial charge in [-0.2, -0.15) is 0 Å². The quantitative estimate of drug-likeness (QED) is 0.640. The summed E-state index contributed by atoms with van der Waals surface area (Å²) in [5.41, 5.74) is 6.12. The van der Waals surface area contributed by atoms with Gasteiger partial charge >= 0.3 is 5.97 Å². The van der Waals surface area contributed by atoms with Crippen molar-refractivity contribution in [1.82, 2.24) is 0 Å². The van der Waals surface area contributed by atoms with Crippen LogP contribution in [0.2, 0.25) is 0 Å². The second kappa shape index (κ2) is 4.28. The highest BCUT2D eigenvalue weighted by molar-refractivity contribution is 5.87. The van der Waals surface area contributed by atoms with Gasteiger partial charge < -0.3 is 15.6 Å². The number of nitrogens with two attached hydrogens (primary N) is 1. The minimum atomic E-state index is -0.935. The number of hydrogen-bond donors (Lipinski definition) is 2. The van der Waals surface area contributed by atoms with E-state index in [1.54, 1.807) is 6.92 Å². The molecule has 1 fully saturated rings. The highest BCUT2D eigenvalue weighted by Crippen LogP contribution is 2.20. The molecule has 13 heavy (non-hydrogen) atoms. The summed E-state index contributed by atoms with van der Waals surface area (Å²) in [6.07, 6.45) is 2.42. The van der Waals surface area contributed by atoms with E-state index in [0.717, 1.165) is 19.4 Å². The van der Waals surface area contributed by atoms with Crippen LogP contribution in [0.25, 0.3) is 0 Å². The molecule has 1 heterocycles. The Morgan fingerprint density at radius 1 is 1.69 bits per heavy atom. The predicted molar refractivity (Wildman–Crippen MR) is 48.1 cm³/mol. The van der Waals surface area contributed by atoms with E-state index in [1.165, 1.54) is 0 Å². The molecular formula is C9H15NO3. The summed E-state index contributed by atoms with van der Waals surface area (Å²) in [7, 11) is 0. The van der Waals surface area contributed by atoms with E-state index in [2.05, 4.69) is 0 Å². The van der Waals surface area contributed by atoms with Crippen molar-refractivity contribution in [2.45, 2.75) is 32.3 Å². The number of rotatable bonds is 3. The van der Waals surface area contributed by atoms with Gasteiger partial charge in [0, 0.05) is 18.7 Å². The Bertz CT molecular complexity index is 225. The van der Waals surface area contributed by atoms with Crippen LogP contribution in [-0.2, 0) is 9.53 Å². The maximum absolute atomic E-state index is 10.7. The minimum Gasteiger partial charge on any atom is -0.478 e. The second-order valence-corrected chi connectivity index (χ2v) is 3.31. The molecule has 0 spiro atoms. The first kappa shape index (κ1) is 10.1. The third kappa shape index (κ3) is 2.73. The molecule has 1 aliphatic heterocycles. The summed E-state index contributed by atoms with van der Waals surface area (Å²) in [4.78, 5) is 10.7. The molecule has 0 aromatic heterocycles. The second-order valence-electron chi connectivity index (χ2n) is 3.31. The lowest BCUT2D eigenvalue weighted by atomic mass is 10.0. The smallest absolute Gasteiger partial charge is 0.333 e.